The minimum absolute atomic E-state index is 0.0198. The van der Waals surface area contributed by atoms with Gasteiger partial charge in [-0.2, -0.15) is 0 Å². The van der Waals surface area contributed by atoms with Gasteiger partial charge in [-0.05, 0) is 55.2 Å². The van der Waals surface area contributed by atoms with Crippen molar-refractivity contribution in [3.63, 3.8) is 0 Å². The number of nitrogens with zero attached hydrogens (tertiary/aromatic N) is 3. The van der Waals surface area contributed by atoms with E-state index >= 15 is 0 Å². The standard InChI is InChI=1S/C19H25N3O2S/c1-3-15-11-20-19(21-12-15)24-16-5-4-9-22(13-16)18(23)7-6-17-14(2)8-10-25-17/h8,10-12,16H,3-7,9,13H2,1-2H3. The molecule has 0 N–H and O–H groups in total. The van der Waals surface area contributed by atoms with Crippen molar-refractivity contribution < 1.29 is 9.53 Å². The summed E-state index contributed by atoms with van der Waals surface area (Å²) in [4.78, 5) is 24.3. The number of likely N-dealkylation sites (tertiary alicyclic amines) is 1. The molecule has 1 unspecified atom stereocenters. The molecule has 3 rings (SSSR count). The van der Waals surface area contributed by atoms with Gasteiger partial charge in [0.25, 0.3) is 0 Å². The second-order valence-electron chi connectivity index (χ2n) is 6.48. The van der Waals surface area contributed by atoms with Crippen LogP contribution in [0.15, 0.2) is 23.8 Å². The van der Waals surface area contributed by atoms with E-state index in [9.17, 15) is 4.79 Å². The molecular weight excluding hydrogens is 334 g/mol. The number of carbonyl (C=O) groups is 1. The van der Waals surface area contributed by atoms with E-state index < -0.39 is 0 Å². The van der Waals surface area contributed by atoms with Gasteiger partial charge in [0, 0.05) is 30.2 Å². The lowest BCUT2D eigenvalue weighted by Gasteiger charge is -2.32. The first-order valence-electron chi connectivity index (χ1n) is 8.94. The maximum Gasteiger partial charge on any atom is 0.316 e. The summed E-state index contributed by atoms with van der Waals surface area (Å²) >= 11 is 1.73. The predicted octanol–water partition coefficient (Wildman–Crippen LogP) is 3.41. The summed E-state index contributed by atoms with van der Waals surface area (Å²) < 4.78 is 5.89. The highest BCUT2D eigenvalue weighted by Gasteiger charge is 2.25. The largest absolute Gasteiger partial charge is 0.458 e. The van der Waals surface area contributed by atoms with Crippen LogP contribution in [0.25, 0.3) is 0 Å². The predicted molar refractivity (Wildman–Crippen MR) is 99.0 cm³/mol. The molecule has 1 amide bonds. The van der Waals surface area contributed by atoms with E-state index in [1.165, 1.54) is 10.4 Å². The van der Waals surface area contributed by atoms with Gasteiger partial charge in [-0.25, -0.2) is 9.97 Å². The minimum Gasteiger partial charge on any atom is -0.458 e. The monoisotopic (exact) mass is 359 g/mol. The molecular formula is C19H25N3O2S. The molecule has 0 aromatic carbocycles. The zero-order valence-corrected chi connectivity index (χ0v) is 15.7. The topological polar surface area (TPSA) is 55.3 Å². The van der Waals surface area contributed by atoms with Crippen molar-refractivity contribution in [1.29, 1.82) is 0 Å². The highest BCUT2D eigenvalue weighted by molar-refractivity contribution is 7.10. The van der Waals surface area contributed by atoms with Gasteiger partial charge >= 0.3 is 6.01 Å². The van der Waals surface area contributed by atoms with Crippen molar-refractivity contribution in [3.05, 3.63) is 39.8 Å². The van der Waals surface area contributed by atoms with Gasteiger partial charge in [-0.1, -0.05) is 6.92 Å². The van der Waals surface area contributed by atoms with Gasteiger partial charge < -0.3 is 9.64 Å². The third-order valence-corrected chi connectivity index (χ3v) is 5.71. The number of ether oxygens (including phenoxy) is 1. The van der Waals surface area contributed by atoms with Crippen LogP contribution in [0.5, 0.6) is 6.01 Å². The smallest absolute Gasteiger partial charge is 0.316 e. The fourth-order valence-corrected chi connectivity index (χ4v) is 3.95. The number of aryl methyl sites for hydroxylation is 3. The van der Waals surface area contributed by atoms with Crippen LogP contribution in [-0.4, -0.2) is 40.0 Å². The lowest BCUT2D eigenvalue weighted by atomic mass is 10.1. The molecule has 1 aliphatic heterocycles. The fourth-order valence-electron chi connectivity index (χ4n) is 3.04. The summed E-state index contributed by atoms with van der Waals surface area (Å²) in [5, 5.41) is 2.09. The normalized spacial score (nSPS) is 17.5. The Morgan fingerprint density at radius 2 is 2.20 bits per heavy atom. The Bertz CT molecular complexity index is 699. The summed E-state index contributed by atoms with van der Waals surface area (Å²) in [6.45, 7) is 5.62. The Morgan fingerprint density at radius 1 is 1.40 bits per heavy atom. The molecule has 0 radical (unpaired) electrons. The number of aromatic nitrogens is 2. The van der Waals surface area contributed by atoms with E-state index in [1.807, 2.05) is 4.90 Å². The van der Waals surface area contributed by atoms with Gasteiger partial charge in [-0.15, -0.1) is 11.3 Å². The van der Waals surface area contributed by atoms with Crippen LogP contribution in [0.2, 0.25) is 0 Å². The summed E-state index contributed by atoms with van der Waals surface area (Å²) in [6, 6.07) is 2.52. The Balaban J connectivity index is 1.51. The van der Waals surface area contributed by atoms with Crippen molar-refractivity contribution >= 4 is 17.2 Å². The van der Waals surface area contributed by atoms with Crippen LogP contribution in [0, 0.1) is 6.92 Å². The van der Waals surface area contributed by atoms with Crippen LogP contribution in [0.4, 0.5) is 0 Å². The highest BCUT2D eigenvalue weighted by Crippen LogP contribution is 2.20. The number of amides is 1. The van der Waals surface area contributed by atoms with Crippen molar-refractivity contribution in [2.24, 2.45) is 0 Å². The number of rotatable bonds is 6. The molecule has 3 heterocycles. The van der Waals surface area contributed by atoms with Gasteiger partial charge in [0.15, 0.2) is 0 Å². The lowest BCUT2D eigenvalue weighted by Crippen LogP contribution is -2.44. The molecule has 0 saturated carbocycles. The van der Waals surface area contributed by atoms with Crippen molar-refractivity contribution in [2.75, 3.05) is 13.1 Å². The minimum atomic E-state index is -0.0198. The second-order valence-corrected chi connectivity index (χ2v) is 7.48. The molecule has 1 saturated heterocycles. The Morgan fingerprint density at radius 3 is 2.88 bits per heavy atom. The number of carbonyl (C=O) groups excluding carboxylic acids is 1. The van der Waals surface area contributed by atoms with E-state index in [2.05, 4.69) is 35.3 Å². The number of thiophene rings is 1. The highest BCUT2D eigenvalue weighted by atomic mass is 32.1. The third kappa shape index (κ3) is 4.78. The van der Waals surface area contributed by atoms with E-state index in [4.69, 9.17) is 4.74 Å². The van der Waals surface area contributed by atoms with Gasteiger partial charge in [0.2, 0.25) is 5.91 Å². The summed E-state index contributed by atoms with van der Waals surface area (Å²) in [5.41, 5.74) is 2.38. The van der Waals surface area contributed by atoms with E-state index in [0.29, 0.717) is 19.0 Å². The first-order chi connectivity index (χ1) is 12.2. The number of hydrogen-bond acceptors (Lipinski definition) is 5. The van der Waals surface area contributed by atoms with Crippen LogP contribution < -0.4 is 4.74 Å². The first kappa shape index (κ1) is 17.9. The molecule has 1 atom stereocenters. The molecule has 0 spiro atoms. The molecule has 0 aliphatic carbocycles. The maximum atomic E-state index is 12.5. The Hall–Kier alpha value is -1.95. The van der Waals surface area contributed by atoms with E-state index in [0.717, 1.165) is 37.8 Å². The Kier molecular flexibility index (Phi) is 6.02. The van der Waals surface area contributed by atoms with E-state index in [1.54, 1.807) is 23.7 Å². The van der Waals surface area contributed by atoms with Crippen LogP contribution in [0.3, 0.4) is 0 Å². The molecule has 6 heteroatoms. The summed E-state index contributed by atoms with van der Waals surface area (Å²) in [5.74, 6) is 0.211. The van der Waals surface area contributed by atoms with Gasteiger partial charge in [0.1, 0.15) is 6.10 Å². The van der Waals surface area contributed by atoms with Gasteiger partial charge in [0.05, 0.1) is 6.54 Å². The lowest BCUT2D eigenvalue weighted by molar-refractivity contribution is -0.133. The van der Waals surface area contributed by atoms with Crippen LogP contribution >= 0.6 is 11.3 Å². The Labute approximate surface area is 153 Å². The average molecular weight is 359 g/mol. The molecule has 134 valence electrons. The van der Waals surface area contributed by atoms with Crippen molar-refractivity contribution in [2.45, 2.75) is 52.1 Å². The quantitative estimate of drug-likeness (QED) is 0.793. The molecule has 25 heavy (non-hydrogen) atoms. The zero-order valence-electron chi connectivity index (χ0n) is 14.9. The average Bonchev–Trinajstić information content (AvgIpc) is 3.05. The zero-order chi connectivity index (χ0) is 17.6. The maximum absolute atomic E-state index is 12.5. The molecule has 5 nitrogen and oxygen atoms in total. The summed E-state index contributed by atoms with van der Waals surface area (Å²) in [7, 11) is 0. The molecule has 0 bridgehead atoms. The molecule has 2 aromatic rings. The van der Waals surface area contributed by atoms with Crippen LogP contribution in [-0.2, 0) is 17.6 Å². The van der Waals surface area contributed by atoms with Crippen LogP contribution in [0.1, 0.15) is 42.2 Å². The molecule has 1 aliphatic rings. The van der Waals surface area contributed by atoms with Crippen molar-refractivity contribution in [1.82, 2.24) is 14.9 Å². The van der Waals surface area contributed by atoms with Crippen molar-refractivity contribution in [3.8, 4) is 6.01 Å². The fraction of sp³-hybridized carbons (Fsp3) is 0.526. The third-order valence-electron chi connectivity index (χ3n) is 4.63. The molecule has 1 fully saturated rings. The van der Waals surface area contributed by atoms with Gasteiger partial charge in [-0.3, -0.25) is 4.79 Å². The number of piperidine rings is 1. The number of hydrogen-bond donors (Lipinski definition) is 0. The molecule has 2 aromatic heterocycles. The second kappa shape index (κ2) is 8.43. The SMILES string of the molecule is CCc1cnc(OC2CCCN(C(=O)CCc3sccc3C)C2)nc1. The first-order valence-corrected chi connectivity index (χ1v) is 9.82. The van der Waals surface area contributed by atoms with E-state index in [-0.39, 0.29) is 12.0 Å². The summed E-state index contributed by atoms with van der Waals surface area (Å²) in [6.07, 6.45) is 7.79.